The monoisotopic (exact) mass is 374 g/mol. The van der Waals surface area contributed by atoms with Crippen LogP contribution in [0.4, 0.5) is 8.78 Å². The minimum atomic E-state index is -0.908. The summed E-state index contributed by atoms with van der Waals surface area (Å²) in [6.45, 7) is 4.24. The summed E-state index contributed by atoms with van der Waals surface area (Å²) in [6, 6.07) is 10.8. The molecule has 6 heteroatoms. The SMILES string of the molecule is CCC(NC(=O)CCCNC(=O)c1ccc(F)cc1F)c1ccc(C)cc1. The van der Waals surface area contributed by atoms with E-state index in [2.05, 4.69) is 10.6 Å². The predicted molar refractivity (Wildman–Crippen MR) is 100 cm³/mol. The van der Waals surface area contributed by atoms with Gasteiger partial charge in [0.2, 0.25) is 5.91 Å². The van der Waals surface area contributed by atoms with Crippen LogP contribution >= 0.6 is 0 Å². The van der Waals surface area contributed by atoms with Crippen molar-refractivity contribution in [2.24, 2.45) is 0 Å². The maximum absolute atomic E-state index is 13.5. The summed E-state index contributed by atoms with van der Waals surface area (Å²) in [5.74, 6) is -2.38. The lowest BCUT2D eigenvalue weighted by molar-refractivity contribution is -0.122. The molecule has 2 N–H and O–H groups in total. The Labute approximate surface area is 158 Å². The molecule has 0 bridgehead atoms. The smallest absolute Gasteiger partial charge is 0.254 e. The average molecular weight is 374 g/mol. The minimum Gasteiger partial charge on any atom is -0.352 e. The van der Waals surface area contributed by atoms with Gasteiger partial charge in [0.25, 0.3) is 5.91 Å². The van der Waals surface area contributed by atoms with Gasteiger partial charge >= 0.3 is 0 Å². The summed E-state index contributed by atoms with van der Waals surface area (Å²) in [5.41, 5.74) is 2.00. The van der Waals surface area contributed by atoms with E-state index in [0.29, 0.717) is 12.5 Å². The molecule has 0 radical (unpaired) electrons. The van der Waals surface area contributed by atoms with Gasteiger partial charge in [-0.05, 0) is 37.5 Å². The zero-order valence-corrected chi connectivity index (χ0v) is 15.5. The molecule has 0 aromatic heterocycles. The van der Waals surface area contributed by atoms with E-state index >= 15 is 0 Å². The molecule has 0 aliphatic rings. The van der Waals surface area contributed by atoms with Crippen LogP contribution in [0.15, 0.2) is 42.5 Å². The van der Waals surface area contributed by atoms with E-state index in [1.165, 1.54) is 0 Å². The summed E-state index contributed by atoms with van der Waals surface area (Å²) in [5, 5.41) is 5.52. The number of halogens is 2. The Morgan fingerprint density at radius 1 is 1.07 bits per heavy atom. The summed E-state index contributed by atoms with van der Waals surface area (Å²) >= 11 is 0. The highest BCUT2D eigenvalue weighted by molar-refractivity contribution is 5.94. The summed E-state index contributed by atoms with van der Waals surface area (Å²) in [7, 11) is 0. The van der Waals surface area contributed by atoms with Crippen molar-refractivity contribution in [1.82, 2.24) is 10.6 Å². The van der Waals surface area contributed by atoms with E-state index in [9.17, 15) is 18.4 Å². The molecular weight excluding hydrogens is 350 g/mol. The molecule has 2 amide bonds. The lowest BCUT2D eigenvalue weighted by atomic mass is 10.0. The van der Waals surface area contributed by atoms with Crippen LogP contribution in [0.25, 0.3) is 0 Å². The molecule has 4 nitrogen and oxygen atoms in total. The van der Waals surface area contributed by atoms with E-state index in [1.807, 2.05) is 38.1 Å². The first-order chi connectivity index (χ1) is 12.9. The largest absolute Gasteiger partial charge is 0.352 e. The number of benzene rings is 2. The van der Waals surface area contributed by atoms with Gasteiger partial charge in [-0.15, -0.1) is 0 Å². The van der Waals surface area contributed by atoms with Crippen molar-refractivity contribution in [3.8, 4) is 0 Å². The van der Waals surface area contributed by atoms with Crippen molar-refractivity contribution in [2.45, 2.75) is 39.2 Å². The maximum Gasteiger partial charge on any atom is 0.254 e. The van der Waals surface area contributed by atoms with Crippen molar-refractivity contribution in [2.75, 3.05) is 6.54 Å². The van der Waals surface area contributed by atoms with Crippen molar-refractivity contribution in [3.63, 3.8) is 0 Å². The van der Waals surface area contributed by atoms with Crippen LogP contribution < -0.4 is 10.6 Å². The van der Waals surface area contributed by atoms with Crippen LogP contribution in [0.2, 0.25) is 0 Å². The molecule has 0 saturated carbocycles. The van der Waals surface area contributed by atoms with E-state index in [4.69, 9.17) is 0 Å². The van der Waals surface area contributed by atoms with Crippen molar-refractivity contribution in [1.29, 1.82) is 0 Å². The second kappa shape index (κ2) is 9.80. The zero-order valence-electron chi connectivity index (χ0n) is 15.5. The van der Waals surface area contributed by atoms with Crippen LogP contribution in [0, 0.1) is 18.6 Å². The van der Waals surface area contributed by atoms with E-state index < -0.39 is 17.5 Å². The quantitative estimate of drug-likeness (QED) is 0.685. The number of amides is 2. The molecule has 0 spiro atoms. The highest BCUT2D eigenvalue weighted by Crippen LogP contribution is 2.17. The van der Waals surface area contributed by atoms with Crippen LogP contribution in [0.1, 0.15) is 53.7 Å². The number of nitrogens with one attached hydrogen (secondary N) is 2. The molecule has 0 aliphatic carbocycles. The molecule has 0 aliphatic heterocycles. The van der Waals surface area contributed by atoms with Gasteiger partial charge in [-0.3, -0.25) is 9.59 Å². The Morgan fingerprint density at radius 3 is 2.41 bits per heavy atom. The lowest BCUT2D eigenvalue weighted by Gasteiger charge is -2.18. The maximum atomic E-state index is 13.5. The number of carbonyl (C=O) groups excluding carboxylic acids is 2. The third-order valence-corrected chi connectivity index (χ3v) is 4.27. The summed E-state index contributed by atoms with van der Waals surface area (Å²) in [4.78, 5) is 24.0. The average Bonchev–Trinajstić information content (AvgIpc) is 2.64. The fraction of sp³-hybridized carbons (Fsp3) is 0.333. The van der Waals surface area contributed by atoms with Crippen molar-refractivity contribution in [3.05, 3.63) is 70.8 Å². The highest BCUT2D eigenvalue weighted by atomic mass is 19.1. The molecule has 0 fully saturated rings. The van der Waals surface area contributed by atoms with Crippen LogP contribution in [0.5, 0.6) is 0 Å². The number of carbonyl (C=O) groups is 2. The van der Waals surface area contributed by atoms with E-state index in [0.717, 1.165) is 29.7 Å². The van der Waals surface area contributed by atoms with Crippen LogP contribution in [0.3, 0.4) is 0 Å². The normalized spacial score (nSPS) is 11.7. The first kappa shape index (κ1) is 20.6. The lowest BCUT2D eigenvalue weighted by Crippen LogP contribution is -2.30. The van der Waals surface area contributed by atoms with Crippen molar-refractivity contribution < 1.29 is 18.4 Å². The summed E-state index contributed by atoms with van der Waals surface area (Å²) < 4.78 is 26.4. The van der Waals surface area contributed by atoms with Gasteiger partial charge in [0.05, 0.1) is 11.6 Å². The Kier molecular flexibility index (Phi) is 7.46. The van der Waals surface area contributed by atoms with Crippen LogP contribution in [-0.4, -0.2) is 18.4 Å². The van der Waals surface area contributed by atoms with E-state index in [-0.39, 0.29) is 30.5 Å². The van der Waals surface area contributed by atoms with Gasteiger partial charge in [0.15, 0.2) is 0 Å². The predicted octanol–water partition coefficient (Wildman–Crippen LogP) is 4.05. The first-order valence-corrected chi connectivity index (χ1v) is 9.00. The Bertz CT molecular complexity index is 791. The molecule has 0 saturated heterocycles. The van der Waals surface area contributed by atoms with Gasteiger partial charge in [-0.1, -0.05) is 36.8 Å². The third kappa shape index (κ3) is 6.16. The van der Waals surface area contributed by atoms with Gasteiger partial charge in [-0.25, -0.2) is 8.78 Å². The minimum absolute atomic E-state index is 0.0546. The Balaban J connectivity index is 1.76. The zero-order chi connectivity index (χ0) is 19.8. The second-order valence-corrected chi connectivity index (χ2v) is 6.42. The molecule has 144 valence electrons. The number of aryl methyl sites for hydroxylation is 1. The molecule has 2 rings (SSSR count). The number of rotatable bonds is 8. The standard InChI is InChI=1S/C21H24F2N2O2/c1-3-19(15-8-6-14(2)7-9-15)25-20(26)5-4-12-24-21(27)17-11-10-16(22)13-18(17)23/h6-11,13,19H,3-5,12H2,1-2H3,(H,24,27)(H,25,26). The summed E-state index contributed by atoms with van der Waals surface area (Å²) in [6.07, 6.45) is 1.44. The third-order valence-electron chi connectivity index (χ3n) is 4.27. The van der Waals surface area contributed by atoms with Gasteiger partial charge in [0, 0.05) is 19.0 Å². The van der Waals surface area contributed by atoms with Crippen molar-refractivity contribution >= 4 is 11.8 Å². The molecule has 1 atom stereocenters. The Hall–Kier alpha value is -2.76. The van der Waals surface area contributed by atoms with Gasteiger partial charge < -0.3 is 10.6 Å². The number of hydrogen-bond donors (Lipinski definition) is 2. The molecule has 1 unspecified atom stereocenters. The molecular formula is C21H24F2N2O2. The fourth-order valence-electron chi connectivity index (χ4n) is 2.71. The first-order valence-electron chi connectivity index (χ1n) is 9.00. The topological polar surface area (TPSA) is 58.2 Å². The van der Waals surface area contributed by atoms with E-state index in [1.54, 1.807) is 0 Å². The molecule has 2 aromatic rings. The fourth-order valence-corrected chi connectivity index (χ4v) is 2.71. The second-order valence-electron chi connectivity index (χ2n) is 6.42. The van der Waals surface area contributed by atoms with Gasteiger partial charge in [0.1, 0.15) is 11.6 Å². The molecule has 0 heterocycles. The number of hydrogen-bond acceptors (Lipinski definition) is 2. The Morgan fingerprint density at radius 2 is 1.78 bits per heavy atom. The van der Waals surface area contributed by atoms with Gasteiger partial charge in [-0.2, -0.15) is 0 Å². The highest BCUT2D eigenvalue weighted by Gasteiger charge is 2.14. The van der Waals surface area contributed by atoms with Crippen LogP contribution in [-0.2, 0) is 4.79 Å². The molecule has 2 aromatic carbocycles. The molecule has 27 heavy (non-hydrogen) atoms.